The fourth-order valence-electron chi connectivity index (χ4n) is 2.28. The average molecular weight is 365 g/mol. The quantitative estimate of drug-likeness (QED) is 0.164. The predicted molar refractivity (Wildman–Crippen MR) is 75.5 cm³/mol. The zero-order valence-electron chi connectivity index (χ0n) is 11.5. The van der Waals surface area contributed by atoms with Gasteiger partial charge in [-0.25, -0.2) is 4.18 Å². The molecule has 0 aromatic carbocycles. The van der Waals surface area contributed by atoms with Crippen LogP contribution in [0.3, 0.4) is 0 Å². The van der Waals surface area contributed by atoms with Crippen LogP contribution in [0.5, 0.6) is 0 Å². The first-order valence-electron chi connectivity index (χ1n) is 6.36. The highest BCUT2D eigenvalue weighted by Crippen LogP contribution is 2.28. The molecule has 0 radical (unpaired) electrons. The maximum atomic E-state index is 10.6. The van der Waals surface area contributed by atoms with Crippen LogP contribution in [-0.2, 0) is 25.5 Å². The van der Waals surface area contributed by atoms with Crippen LogP contribution in [0.2, 0.25) is 0 Å². The third-order valence-corrected chi connectivity index (χ3v) is 6.70. The second-order valence-corrected chi connectivity index (χ2v) is 8.29. The van der Waals surface area contributed by atoms with Crippen molar-refractivity contribution in [3.8, 4) is 0 Å². The van der Waals surface area contributed by atoms with Crippen molar-refractivity contribution in [1.29, 1.82) is 0 Å². The van der Waals surface area contributed by atoms with Crippen LogP contribution in [0.25, 0.3) is 0 Å². The van der Waals surface area contributed by atoms with Gasteiger partial charge in [0.05, 0.1) is 13.2 Å². The van der Waals surface area contributed by atoms with Gasteiger partial charge in [0.1, 0.15) is 42.0 Å². The van der Waals surface area contributed by atoms with Crippen molar-refractivity contribution in [3.05, 3.63) is 0 Å². The maximum absolute atomic E-state index is 10.6. The van der Waals surface area contributed by atoms with Gasteiger partial charge in [-0.15, -0.1) is 0 Å². The Kier molecular flexibility index (Phi) is 7.45. The highest BCUT2D eigenvalue weighted by Gasteiger charge is 2.54. The van der Waals surface area contributed by atoms with E-state index in [4.69, 9.17) is 14.8 Å². The van der Waals surface area contributed by atoms with Crippen LogP contribution in [0.4, 0.5) is 0 Å². The molecule has 1 saturated heterocycles. The van der Waals surface area contributed by atoms with Crippen molar-refractivity contribution < 1.29 is 47.8 Å². The number of hydrogen-bond acceptors (Lipinski definition) is 9. The first-order chi connectivity index (χ1) is 10.1. The third kappa shape index (κ3) is 5.26. The highest BCUT2D eigenvalue weighted by molar-refractivity contribution is 7.97. The minimum absolute atomic E-state index is 0.0317. The molecule has 7 atom stereocenters. The van der Waals surface area contributed by atoms with Gasteiger partial charge in [-0.05, 0) is 0 Å². The van der Waals surface area contributed by atoms with Crippen molar-refractivity contribution >= 4 is 21.3 Å². The second kappa shape index (κ2) is 8.19. The second-order valence-electron chi connectivity index (χ2n) is 4.96. The van der Waals surface area contributed by atoms with Crippen LogP contribution >= 0.6 is 0 Å². The molecule has 1 fully saturated rings. The molecule has 7 N–H and O–H groups in total. The molecular formula is C10H21O10S2+. The van der Waals surface area contributed by atoms with Gasteiger partial charge in [0.15, 0.2) is 5.25 Å². The molecule has 10 nitrogen and oxygen atoms in total. The average Bonchev–Trinajstić information content (AvgIpc) is 2.69. The van der Waals surface area contributed by atoms with Gasteiger partial charge in [-0.1, -0.05) is 0 Å². The van der Waals surface area contributed by atoms with E-state index in [1.165, 1.54) is 0 Å². The molecule has 22 heavy (non-hydrogen) atoms. The molecule has 0 aromatic rings. The molecule has 1 aliphatic heterocycles. The van der Waals surface area contributed by atoms with Crippen molar-refractivity contribution in [2.75, 3.05) is 24.7 Å². The van der Waals surface area contributed by atoms with Gasteiger partial charge in [0, 0.05) is 10.9 Å². The third-order valence-electron chi connectivity index (χ3n) is 3.31. The predicted octanol–water partition coefficient (Wildman–Crippen LogP) is -4.40. The maximum Gasteiger partial charge on any atom is 0.397 e. The van der Waals surface area contributed by atoms with Gasteiger partial charge in [0.25, 0.3) is 0 Å². The van der Waals surface area contributed by atoms with E-state index in [0.717, 1.165) is 0 Å². The molecule has 0 saturated carbocycles. The van der Waals surface area contributed by atoms with E-state index >= 15 is 0 Å². The molecule has 0 amide bonds. The Morgan fingerprint density at radius 2 is 1.77 bits per heavy atom. The topological polar surface area (TPSA) is 185 Å². The Labute approximate surface area is 130 Å². The number of aliphatic hydroxyl groups excluding tert-OH is 6. The molecule has 0 bridgehead atoms. The summed E-state index contributed by atoms with van der Waals surface area (Å²) in [7, 11) is -5.84. The van der Waals surface area contributed by atoms with E-state index in [9.17, 15) is 28.8 Å². The van der Waals surface area contributed by atoms with Gasteiger partial charge in [0.2, 0.25) is 0 Å². The lowest BCUT2D eigenvalue weighted by molar-refractivity contribution is -0.0000662. The molecule has 12 heteroatoms. The van der Waals surface area contributed by atoms with Crippen molar-refractivity contribution in [1.82, 2.24) is 0 Å². The van der Waals surface area contributed by atoms with Gasteiger partial charge < -0.3 is 30.6 Å². The summed E-state index contributed by atoms with van der Waals surface area (Å²) in [5.41, 5.74) is 0. The summed E-state index contributed by atoms with van der Waals surface area (Å²) in [5.74, 6) is -0.166. The van der Waals surface area contributed by atoms with E-state index in [1.807, 2.05) is 0 Å². The van der Waals surface area contributed by atoms with E-state index in [0.29, 0.717) is 0 Å². The van der Waals surface area contributed by atoms with Crippen LogP contribution in [0.15, 0.2) is 0 Å². The monoisotopic (exact) mass is 365 g/mol. The molecule has 1 heterocycles. The van der Waals surface area contributed by atoms with E-state index in [-0.39, 0.29) is 11.5 Å². The molecule has 1 rings (SSSR count). The first kappa shape index (κ1) is 20.0. The molecule has 0 aromatic heterocycles. The lowest BCUT2D eigenvalue weighted by Gasteiger charge is -2.22. The zero-order valence-corrected chi connectivity index (χ0v) is 13.1. The first-order valence-corrected chi connectivity index (χ1v) is 9.35. The van der Waals surface area contributed by atoms with Crippen LogP contribution in [0, 0.1) is 0 Å². The van der Waals surface area contributed by atoms with Crippen molar-refractivity contribution in [3.63, 3.8) is 0 Å². The van der Waals surface area contributed by atoms with Crippen LogP contribution < -0.4 is 0 Å². The van der Waals surface area contributed by atoms with Crippen molar-refractivity contribution in [2.24, 2.45) is 0 Å². The fraction of sp³-hybridized carbons (Fsp3) is 1.00. The Morgan fingerprint density at radius 3 is 2.23 bits per heavy atom. The minimum Gasteiger partial charge on any atom is -0.394 e. The molecule has 132 valence electrons. The summed E-state index contributed by atoms with van der Waals surface area (Å²) in [4.78, 5) is 0. The van der Waals surface area contributed by atoms with Gasteiger partial charge in [-0.2, -0.15) is 8.42 Å². The van der Waals surface area contributed by atoms with Crippen LogP contribution in [0.1, 0.15) is 0 Å². The summed E-state index contributed by atoms with van der Waals surface area (Å²) < 4.78 is 33.9. The summed E-state index contributed by atoms with van der Waals surface area (Å²) in [5, 5.41) is 56.2. The van der Waals surface area contributed by atoms with Gasteiger partial charge >= 0.3 is 10.4 Å². The number of aliphatic hydroxyl groups is 6. The SMILES string of the molecule is O=S(=O)(O)O[C@@H](CO)[C@H](O)C[S+]1C[C@@H](O)[C@@H](O)[C@@H]1[C@@H](O)CO. The molecule has 1 aliphatic rings. The minimum atomic E-state index is -4.88. The highest BCUT2D eigenvalue weighted by atomic mass is 32.3. The number of hydrogen-bond donors (Lipinski definition) is 7. The Bertz CT molecular complexity index is 443. The smallest absolute Gasteiger partial charge is 0.394 e. The Hall–Kier alpha value is -0.0200. The lowest BCUT2D eigenvalue weighted by Crippen LogP contribution is -2.46. The summed E-state index contributed by atoms with van der Waals surface area (Å²) in [6.07, 6.45) is -6.92. The van der Waals surface area contributed by atoms with Crippen molar-refractivity contribution in [2.45, 2.75) is 35.8 Å². The summed E-state index contributed by atoms with van der Waals surface area (Å²) in [6.45, 7) is -1.55. The standard InChI is InChI=1S/C10H20O10S2/c11-1-5(13)10-9(16)7(15)4-21(10)3-6(14)8(2-12)20-22(17,18)19/h5-16H,1-4H2/p+1/t5-,6+,7+,8-,9+,10-,21?/m0/s1. The van der Waals surface area contributed by atoms with E-state index in [1.54, 1.807) is 0 Å². The molecular weight excluding hydrogens is 344 g/mol. The normalized spacial score (nSPS) is 33.6. The molecule has 1 unspecified atom stereocenters. The molecule has 0 aliphatic carbocycles. The lowest BCUT2D eigenvalue weighted by atomic mass is 10.1. The van der Waals surface area contributed by atoms with Crippen LogP contribution in [-0.4, -0.2) is 104 Å². The fourth-order valence-corrected chi connectivity index (χ4v) is 5.75. The van der Waals surface area contributed by atoms with E-state index in [2.05, 4.69) is 4.18 Å². The summed E-state index contributed by atoms with van der Waals surface area (Å²) in [6, 6.07) is 0. The van der Waals surface area contributed by atoms with Gasteiger partial charge in [-0.3, -0.25) is 4.55 Å². The Morgan fingerprint density at radius 1 is 1.18 bits per heavy atom. The summed E-state index contributed by atoms with van der Waals surface area (Å²) >= 11 is 0. The largest absolute Gasteiger partial charge is 0.397 e. The number of rotatable bonds is 8. The van der Waals surface area contributed by atoms with E-state index < -0.39 is 70.3 Å². The zero-order chi connectivity index (χ0) is 17.1. The molecule has 0 spiro atoms. The Balaban J connectivity index is 2.77.